The number of nitrogens with two attached hydrogens (primary N) is 1. The van der Waals surface area contributed by atoms with Crippen molar-refractivity contribution in [3.05, 3.63) is 73.2 Å². The van der Waals surface area contributed by atoms with Crippen molar-refractivity contribution in [3.8, 4) is 11.5 Å². The van der Waals surface area contributed by atoms with E-state index in [0.717, 1.165) is 19.3 Å². The molecule has 0 spiro atoms. The van der Waals surface area contributed by atoms with Gasteiger partial charge in [0.2, 0.25) is 11.6 Å². The number of aromatic hydroxyl groups is 2. The monoisotopic (exact) mass is 558 g/mol. The molecule has 0 saturated heterocycles. The minimum atomic E-state index is -0.633. The molecule has 0 heterocycles. The largest absolute Gasteiger partial charge is 0.506 e. The number of benzene rings is 3. The number of hydrogen-bond acceptors (Lipinski definition) is 6. The van der Waals surface area contributed by atoms with Crippen LogP contribution in [0, 0.1) is 0 Å². The smallest absolute Gasteiger partial charge is 0.200 e. The lowest BCUT2D eigenvalue weighted by Crippen LogP contribution is -2.24. The normalized spacial score (nSPS) is 12.5. The molecule has 5 N–H and O–H groups in total. The van der Waals surface area contributed by atoms with E-state index in [1.165, 1.54) is 17.7 Å². The van der Waals surface area contributed by atoms with Crippen molar-refractivity contribution in [3.63, 3.8) is 0 Å². The van der Waals surface area contributed by atoms with E-state index in [9.17, 15) is 19.8 Å². The number of nitrogen functional groups attached to an aromatic ring is 1. The molecule has 0 unspecified atom stereocenters. The first-order valence-corrected chi connectivity index (χ1v) is 11.6. The van der Waals surface area contributed by atoms with Crippen molar-refractivity contribution in [1.82, 2.24) is 0 Å². The fourth-order valence-corrected chi connectivity index (χ4v) is 4.73. The number of phenolic OH excluding ortho intramolecular Hbond substituents is 2. The molecule has 0 radical (unpaired) electrons. The highest BCUT2D eigenvalue weighted by molar-refractivity contribution is 9.11. The molecule has 0 atom stereocenters. The second-order valence-corrected chi connectivity index (χ2v) is 9.34. The molecule has 0 saturated carbocycles. The number of aryl methyl sites for hydroxylation is 1. The molecule has 1 aliphatic rings. The number of nitrogens with one attached hydrogen (secondary N) is 1. The molecule has 0 bridgehead atoms. The van der Waals surface area contributed by atoms with Crippen LogP contribution in [0.15, 0.2) is 45.3 Å². The molecule has 0 aliphatic heterocycles. The zero-order valence-corrected chi connectivity index (χ0v) is 20.3. The Balaban J connectivity index is 1.84. The minimum absolute atomic E-state index is 0.0222. The van der Waals surface area contributed by atoms with Crippen LogP contribution >= 0.6 is 31.9 Å². The zero-order valence-electron chi connectivity index (χ0n) is 17.1. The van der Waals surface area contributed by atoms with Gasteiger partial charge in [0, 0.05) is 11.4 Å². The topological polar surface area (TPSA) is 113 Å². The lowest BCUT2D eigenvalue weighted by atomic mass is 9.81. The van der Waals surface area contributed by atoms with Gasteiger partial charge in [-0.15, -0.1) is 0 Å². The fourth-order valence-electron chi connectivity index (χ4n) is 3.86. The van der Waals surface area contributed by atoms with Crippen molar-refractivity contribution in [2.45, 2.75) is 26.2 Å². The number of rotatable bonds is 5. The Morgan fingerprint density at radius 2 is 1.44 bits per heavy atom. The number of ketones is 2. The minimum Gasteiger partial charge on any atom is -0.506 e. The third-order valence-electron chi connectivity index (χ3n) is 5.50. The van der Waals surface area contributed by atoms with Crippen LogP contribution in [-0.2, 0) is 6.42 Å². The summed E-state index contributed by atoms with van der Waals surface area (Å²) in [4.78, 5) is 26.8. The molecule has 0 amide bonds. The number of hydrogen-bond donors (Lipinski definition) is 4. The van der Waals surface area contributed by atoms with Gasteiger partial charge in [0.05, 0.1) is 36.9 Å². The summed E-state index contributed by atoms with van der Waals surface area (Å²) in [7, 11) is 0. The summed E-state index contributed by atoms with van der Waals surface area (Å²) in [6.07, 6.45) is 3.19. The summed E-state index contributed by atoms with van der Waals surface area (Å²) in [5.41, 5.74) is 7.79. The van der Waals surface area contributed by atoms with Crippen molar-refractivity contribution in [2.75, 3.05) is 11.1 Å². The summed E-state index contributed by atoms with van der Waals surface area (Å²) >= 11 is 6.44. The Labute approximate surface area is 201 Å². The second kappa shape index (κ2) is 8.60. The summed E-state index contributed by atoms with van der Waals surface area (Å²) in [6, 6.07) is 10.7. The fraction of sp³-hybridized carbons (Fsp3) is 0.167. The van der Waals surface area contributed by atoms with Crippen LogP contribution < -0.4 is 11.1 Å². The number of halogens is 2. The zero-order chi connectivity index (χ0) is 23.2. The van der Waals surface area contributed by atoms with Crippen LogP contribution in [0.25, 0.3) is 0 Å². The maximum Gasteiger partial charge on any atom is 0.200 e. The van der Waals surface area contributed by atoms with Gasteiger partial charge >= 0.3 is 0 Å². The number of anilines is 3. The molecule has 6 nitrogen and oxygen atoms in total. The molecule has 0 aromatic heterocycles. The highest BCUT2D eigenvalue weighted by Gasteiger charge is 2.39. The van der Waals surface area contributed by atoms with Crippen LogP contribution in [0.5, 0.6) is 11.5 Å². The van der Waals surface area contributed by atoms with Crippen molar-refractivity contribution < 1.29 is 19.8 Å². The first-order chi connectivity index (χ1) is 15.2. The Hall–Kier alpha value is -2.84. The first-order valence-electron chi connectivity index (χ1n) is 10.1. The van der Waals surface area contributed by atoms with Crippen molar-refractivity contribution >= 4 is 60.5 Å². The number of fused-ring (bicyclic) bond motifs is 2. The summed E-state index contributed by atoms with van der Waals surface area (Å²) < 4.78 is 0.458. The van der Waals surface area contributed by atoms with Crippen LogP contribution in [0.3, 0.4) is 0 Å². The molecule has 32 heavy (non-hydrogen) atoms. The van der Waals surface area contributed by atoms with E-state index in [2.05, 4.69) is 44.1 Å². The third-order valence-corrected chi connectivity index (χ3v) is 6.71. The predicted octanol–water partition coefficient (Wildman–Crippen LogP) is 6.07. The number of phenols is 2. The van der Waals surface area contributed by atoms with E-state index >= 15 is 0 Å². The maximum absolute atomic E-state index is 13.5. The summed E-state index contributed by atoms with van der Waals surface area (Å²) in [5, 5.41) is 24.3. The molecule has 3 aromatic carbocycles. The van der Waals surface area contributed by atoms with E-state index in [1.807, 2.05) is 24.3 Å². The second-order valence-electron chi connectivity index (χ2n) is 7.63. The number of carbonyl (C=O) groups is 2. The predicted molar refractivity (Wildman–Crippen MR) is 131 cm³/mol. The maximum atomic E-state index is 13.5. The van der Waals surface area contributed by atoms with Crippen molar-refractivity contribution in [2.24, 2.45) is 0 Å². The van der Waals surface area contributed by atoms with Gasteiger partial charge in [0.25, 0.3) is 0 Å². The van der Waals surface area contributed by atoms with Gasteiger partial charge in [0.15, 0.2) is 0 Å². The van der Waals surface area contributed by atoms with E-state index in [-0.39, 0.29) is 48.4 Å². The Morgan fingerprint density at radius 1 is 0.875 bits per heavy atom. The lowest BCUT2D eigenvalue weighted by molar-refractivity contribution is 0.0975. The van der Waals surface area contributed by atoms with Gasteiger partial charge in [-0.3, -0.25) is 9.59 Å². The van der Waals surface area contributed by atoms with Gasteiger partial charge in [-0.1, -0.05) is 25.5 Å². The van der Waals surface area contributed by atoms with Crippen LogP contribution in [0.4, 0.5) is 17.1 Å². The quantitative estimate of drug-likeness (QED) is 0.174. The molecule has 164 valence electrons. The molecule has 0 fully saturated rings. The number of unbranched alkanes of at least 4 members (excludes halogenated alkanes) is 1. The highest BCUT2D eigenvalue weighted by atomic mass is 79.9. The summed E-state index contributed by atoms with van der Waals surface area (Å²) in [6.45, 7) is 2.14. The van der Waals surface area contributed by atoms with E-state index < -0.39 is 11.6 Å². The Kier molecular flexibility index (Phi) is 6.01. The standard InChI is InChI=1S/C24H20Br2N2O4/c1-2-3-4-11-5-7-12(8-6-11)28-16-10-14(26)22(30)20-18(16)24(32)19-17(23(20)31)15(27)9-13(25)21(19)29/h5-10,28-30H,2-4,27H2,1H3. The SMILES string of the molecule is CCCCc1ccc(Nc2cc(Br)c(O)c3c2C(=O)c2c(O)c(Br)cc(N)c2C3=O)cc1. The van der Waals surface area contributed by atoms with Crippen LogP contribution in [0.2, 0.25) is 0 Å². The van der Waals surface area contributed by atoms with Gasteiger partial charge in [-0.2, -0.15) is 0 Å². The van der Waals surface area contributed by atoms with Gasteiger partial charge < -0.3 is 21.3 Å². The molecule has 3 aromatic rings. The Morgan fingerprint density at radius 3 is 2.06 bits per heavy atom. The van der Waals surface area contributed by atoms with Gasteiger partial charge in [0.1, 0.15) is 11.5 Å². The average Bonchev–Trinajstić information content (AvgIpc) is 2.76. The van der Waals surface area contributed by atoms with Crippen molar-refractivity contribution in [1.29, 1.82) is 0 Å². The van der Waals surface area contributed by atoms with E-state index in [1.54, 1.807) is 0 Å². The van der Waals surface area contributed by atoms with Gasteiger partial charge in [-0.25, -0.2) is 0 Å². The average molecular weight is 560 g/mol. The molecular weight excluding hydrogens is 540 g/mol. The number of carbonyl (C=O) groups excluding carboxylic acids is 2. The lowest BCUT2D eigenvalue weighted by Gasteiger charge is -2.24. The van der Waals surface area contributed by atoms with E-state index in [4.69, 9.17) is 5.73 Å². The molecule has 4 rings (SSSR count). The Bertz CT molecular complexity index is 1270. The molecule has 1 aliphatic carbocycles. The van der Waals surface area contributed by atoms with Gasteiger partial charge in [-0.05, 0) is 74.5 Å². The van der Waals surface area contributed by atoms with E-state index in [0.29, 0.717) is 11.4 Å². The first kappa shape index (κ1) is 22.4. The highest BCUT2D eigenvalue weighted by Crippen LogP contribution is 2.46. The third kappa shape index (κ3) is 3.67. The summed E-state index contributed by atoms with van der Waals surface area (Å²) in [5.74, 6) is -1.96. The van der Waals surface area contributed by atoms with Crippen LogP contribution in [-0.4, -0.2) is 21.8 Å². The molecule has 8 heteroatoms. The molecular formula is C24H20Br2N2O4. The van der Waals surface area contributed by atoms with Crippen LogP contribution in [0.1, 0.15) is 57.2 Å².